The van der Waals surface area contributed by atoms with Crippen molar-refractivity contribution in [3.8, 4) is 0 Å². The zero-order valence-electron chi connectivity index (χ0n) is 10.5. The molecule has 0 aliphatic heterocycles. The van der Waals surface area contributed by atoms with E-state index in [4.69, 9.17) is 13.6 Å². The summed E-state index contributed by atoms with van der Waals surface area (Å²) in [6.45, 7) is 7.14. The molecule has 0 spiro atoms. The summed E-state index contributed by atoms with van der Waals surface area (Å²) in [6, 6.07) is 5.86. The van der Waals surface area contributed by atoms with Crippen LogP contribution < -0.4 is 16.5 Å². The Balaban J connectivity index is 2.90. The van der Waals surface area contributed by atoms with Crippen molar-refractivity contribution in [3.05, 3.63) is 23.8 Å². The van der Waals surface area contributed by atoms with Crippen LogP contribution in [-0.4, -0.2) is 14.4 Å². The lowest BCUT2D eigenvalue weighted by molar-refractivity contribution is 0.556. The second kappa shape index (κ2) is 5.40. The van der Waals surface area contributed by atoms with Crippen LogP contribution in [0, 0.1) is 0 Å². The van der Waals surface area contributed by atoms with Gasteiger partial charge in [0.05, 0.1) is 0 Å². The van der Waals surface area contributed by atoms with E-state index in [0.717, 1.165) is 29.7 Å². The minimum atomic E-state index is -0.345. The fourth-order valence-electron chi connectivity index (χ4n) is 1.67. The molecule has 2 radical (unpaired) electrons. The molecule has 0 amide bonds. The number of hydrogen-bond donors (Lipinski definition) is 2. The van der Waals surface area contributed by atoms with Crippen LogP contribution in [0.5, 0.6) is 0 Å². The Kier molecular flexibility index (Phi) is 4.42. The highest BCUT2D eigenvalue weighted by Gasteiger charge is 2.17. The van der Waals surface area contributed by atoms with Gasteiger partial charge in [-0.3, -0.25) is 0 Å². The van der Waals surface area contributed by atoms with Crippen molar-refractivity contribution in [1.82, 2.24) is 0 Å². The number of benzene rings is 1. The normalized spacial score (nSPS) is 11.5. The van der Waals surface area contributed by atoms with E-state index in [-0.39, 0.29) is 5.54 Å². The van der Waals surface area contributed by atoms with E-state index in [1.54, 1.807) is 0 Å². The predicted octanol–water partition coefficient (Wildman–Crippen LogP) is 1.89. The highest BCUT2D eigenvalue weighted by atomic mass is 14.9. The molecule has 2 nitrogen and oxygen atoms in total. The van der Waals surface area contributed by atoms with Crippen LogP contribution in [0.15, 0.2) is 18.2 Å². The van der Waals surface area contributed by atoms with Crippen LogP contribution in [0.3, 0.4) is 0 Å². The van der Waals surface area contributed by atoms with Gasteiger partial charge in [-0.2, -0.15) is 0 Å². The molecule has 0 bridgehead atoms. The molecule has 0 saturated carbocycles. The summed E-state index contributed by atoms with van der Waals surface area (Å²) in [5, 5.41) is 3.40. The van der Waals surface area contributed by atoms with Crippen molar-refractivity contribution in [3.63, 3.8) is 0 Å². The third kappa shape index (κ3) is 3.56. The SMILES string of the molecule is [B]c1ccc(C(C)(C)N)c(NCCCC)c1. The van der Waals surface area contributed by atoms with Gasteiger partial charge in [-0.1, -0.05) is 30.9 Å². The fraction of sp³-hybridized carbons (Fsp3) is 0.538. The summed E-state index contributed by atoms with van der Waals surface area (Å²) in [4.78, 5) is 0. The second-order valence-electron chi connectivity index (χ2n) is 4.81. The summed E-state index contributed by atoms with van der Waals surface area (Å²) < 4.78 is 0. The van der Waals surface area contributed by atoms with E-state index >= 15 is 0 Å². The molecule has 3 heteroatoms. The maximum atomic E-state index is 6.13. The molecule has 1 rings (SSSR count). The molecule has 0 aliphatic carbocycles. The van der Waals surface area contributed by atoms with Crippen LogP contribution in [0.2, 0.25) is 0 Å². The Morgan fingerprint density at radius 1 is 1.38 bits per heavy atom. The van der Waals surface area contributed by atoms with Crippen molar-refractivity contribution in [1.29, 1.82) is 0 Å². The lowest BCUT2D eigenvalue weighted by Crippen LogP contribution is -2.30. The first-order valence-corrected chi connectivity index (χ1v) is 5.88. The number of nitrogens with two attached hydrogens (primary N) is 1. The molecule has 3 N–H and O–H groups in total. The third-order valence-corrected chi connectivity index (χ3v) is 2.58. The van der Waals surface area contributed by atoms with Gasteiger partial charge in [0.1, 0.15) is 7.85 Å². The van der Waals surface area contributed by atoms with Crippen LogP contribution in [0.25, 0.3) is 0 Å². The fourth-order valence-corrected chi connectivity index (χ4v) is 1.67. The van der Waals surface area contributed by atoms with Crippen LogP contribution in [-0.2, 0) is 5.54 Å². The maximum Gasteiger partial charge on any atom is 0.113 e. The standard InChI is InChI=1S/C13H21BN2/c1-4-5-8-16-12-9-10(14)6-7-11(12)13(2,3)15/h6-7,9,16H,4-5,8,15H2,1-3H3. The van der Waals surface area contributed by atoms with Gasteiger partial charge in [0.2, 0.25) is 0 Å². The number of unbranched alkanes of at least 4 members (excludes halogenated alkanes) is 1. The van der Waals surface area contributed by atoms with Gasteiger partial charge in [-0.15, -0.1) is 0 Å². The summed E-state index contributed by atoms with van der Waals surface area (Å²) in [5.41, 5.74) is 8.72. The summed E-state index contributed by atoms with van der Waals surface area (Å²) >= 11 is 0. The molecule has 0 aliphatic rings. The van der Waals surface area contributed by atoms with Crippen LogP contribution in [0.1, 0.15) is 39.2 Å². The molecular formula is C13H21BN2. The number of rotatable bonds is 5. The van der Waals surface area contributed by atoms with Crippen LogP contribution in [0.4, 0.5) is 5.69 Å². The average molecular weight is 216 g/mol. The first kappa shape index (κ1) is 13.1. The van der Waals surface area contributed by atoms with Gasteiger partial charge in [0.15, 0.2) is 0 Å². The minimum Gasteiger partial charge on any atom is -0.385 e. The van der Waals surface area contributed by atoms with E-state index in [9.17, 15) is 0 Å². The van der Waals surface area contributed by atoms with Crippen molar-refractivity contribution < 1.29 is 0 Å². The first-order valence-electron chi connectivity index (χ1n) is 5.88. The Hall–Kier alpha value is -0.955. The molecule has 0 fully saturated rings. The zero-order chi connectivity index (χ0) is 12.2. The summed E-state index contributed by atoms with van der Waals surface area (Å²) in [5.74, 6) is 0. The molecule has 86 valence electrons. The van der Waals surface area contributed by atoms with Crippen LogP contribution >= 0.6 is 0 Å². The highest BCUT2D eigenvalue weighted by Crippen LogP contribution is 2.24. The lowest BCUT2D eigenvalue weighted by atomic mass is 9.88. The Morgan fingerprint density at radius 2 is 2.06 bits per heavy atom. The average Bonchev–Trinajstić information content (AvgIpc) is 2.16. The number of hydrogen-bond acceptors (Lipinski definition) is 2. The summed E-state index contributed by atoms with van der Waals surface area (Å²) in [7, 11) is 5.79. The molecule has 0 heterocycles. The van der Waals surface area contributed by atoms with Gasteiger partial charge >= 0.3 is 0 Å². The molecule has 0 unspecified atom stereocenters. The van der Waals surface area contributed by atoms with Gasteiger partial charge < -0.3 is 11.1 Å². The zero-order valence-corrected chi connectivity index (χ0v) is 10.5. The van der Waals surface area contributed by atoms with E-state index in [1.807, 2.05) is 32.0 Å². The largest absolute Gasteiger partial charge is 0.385 e. The van der Waals surface area contributed by atoms with Crippen molar-refractivity contribution >= 4 is 19.0 Å². The van der Waals surface area contributed by atoms with Gasteiger partial charge in [-0.25, -0.2) is 0 Å². The first-order chi connectivity index (χ1) is 7.45. The van der Waals surface area contributed by atoms with Gasteiger partial charge in [0, 0.05) is 17.8 Å². The minimum absolute atomic E-state index is 0.345. The van der Waals surface area contributed by atoms with Crippen molar-refractivity contribution in [2.45, 2.75) is 39.2 Å². The van der Waals surface area contributed by atoms with E-state index in [0.29, 0.717) is 0 Å². The van der Waals surface area contributed by atoms with Gasteiger partial charge in [0.25, 0.3) is 0 Å². The topological polar surface area (TPSA) is 38.0 Å². The Labute approximate surface area is 100 Å². The molecule has 0 aromatic heterocycles. The van der Waals surface area contributed by atoms with E-state index in [1.165, 1.54) is 6.42 Å². The Morgan fingerprint density at radius 3 is 2.62 bits per heavy atom. The predicted molar refractivity (Wildman–Crippen MR) is 72.4 cm³/mol. The molecule has 1 aromatic carbocycles. The lowest BCUT2D eigenvalue weighted by Gasteiger charge is -2.24. The summed E-state index contributed by atoms with van der Waals surface area (Å²) in [6.07, 6.45) is 2.33. The smallest absolute Gasteiger partial charge is 0.113 e. The van der Waals surface area contributed by atoms with Crippen molar-refractivity contribution in [2.24, 2.45) is 5.73 Å². The molecular weight excluding hydrogens is 195 g/mol. The molecule has 16 heavy (non-hydrogen) atoms. The molecule has 0 saturated heterocycles. The number of nitrogens with one attached hydrogen (secondary N) is 1. The maximum absolute atomic E-state index is 6.13. The van der Waals surface area contributed by atoms with Crippen molar-refractivity contribution in [2.75, 3.05) is 11.9 Å². The third-order valence-electron chi connectivity index (χ3n) is 2.58. The number of anilines is 1. The van der Waals surface area contributed by atoms with E-state index < -0.39 is 0 Å². The highest BCUT2D eigenvalue weighted by molar-refractivity contribution is 6.32. The quantitative estimate of drug-likeness (QED) is 0.582. The van der Waals surface area contributed by atoms with Gasteiger partial charge in [-0.05, 0) is 31.9 Å². The molecule has 0 atom stereocenters. The Bertz CT molecular complexity index is 342. The monoisotopic (exact) mass is 216 g/mol. The molecule has 1 aromatic rings. The van der Waals surface area contributed by atoms with E-state index in [2.05, 4.69) is 12.2 Å². The second-order valence-corrected chi connectivity index (χ2v) is 4.81.